The maximum atomic E-state index is 14.0. The van der Waals surface area contributed by atoms with Crippen LogP contribution in [0, 0.1) is 5.41 Å². The Balaban J connectivity index is 1.79. The molecule has 5 heteroatoms. The van der Waals surface area contributed by atoms with Crippen LogP contribution in [0.3, 0.4) is 0 Å². The van der Waals surface area contributed by atoms with Gasteiger partial charge in [0, 0.05) is 27.7 Å². The molecule has 1 amide bonds. The molecule has 0 radical (unpaired) electrons. The number of halogens is 1. The molecular weight excluding hydrogens is 476 g/mol. The number of carbonyl (C=O) groups excluding carboxylic acids is 2. The third-order valence-corrected chi connectivity index (χ3v) is 6.85. The predicted octanol–water partition coefficient (Wildman–Crippen LogP) is 6.91. The number of amides is 1. The van der Waals surface area contributed by atoms with Crippen molar-refractivity contribution in [3.63, 3.8) is 0 Å². The number of anilines is 2. The zero-order valence-electron chi connectivity index (χ0n) is 18.6. The third kappa shape index (κ3) is 4.02. The SMILES string of the molecule is CC1(C)CC(=O)C2=C(C1)Nc1ccccc1N(C(=O)c1ccccc1)[C@@H]2c1ccc(Br)cc1. The van der Waals surface area contributed by atoms with Crippen LogP contribution >= 0.6 is 15.9 Å². The van der Waals surface area contributed by atoms with Crippen LogP contribution in [0.2, 0.25) is 0 Å². The molecule has 3 aromatic carbocycles. The second kappa shape index (κ2) is 8.31. The lowest BCUT2D eigenvalue weighted by Crippen LogP contribution is -2.39. The lowest BCUT2D eigenvalue weighted by molar-refractivity contribution is -0.118. The zero-order valence-corrected chi connectivity index (χ0v) is 20.2. The van der Waals surface area contributed by atoms with Crippen molar-refractivity contribution < 1.29 is 9.59 Å². The van der Waals surface area contributed by atoms with Crippen LogP contribution in [0.25, 0.3) is 0 Å². The molecule has 0 saturated heterocycles. The van der Waals surface area contributed by atoms with Gasteiger partial charge in [-0.3, -0.25) is 14.5 Å². The van der Waals surface area contributed by atoms with E-state index in [9.17, 15) is 9.59 Å². The highest BCUT2D eigenvalue weighted by Crippen LogP contribution is 2.48. The predicted molar refractivity (Wildman–Crippen MR) is 135 cm³/mol. The molecule has 0 aromatic heterocycles. The highest BCUT2D eigenvalue weighted by atomic mass is 79.9. The fraction of sp³-hybridized carbons (Fsp3) is 0.214. The summed E-state index contributed by atoms with van der Waals surface area (Å²) in [4.78, 5) is 29.5. The Bertz CT molecular complexity index is 1260. The monoisotopic (exact) mass is 500 g/mol. The summed E-state index contributed by atoms with van der Waals surface area (Å²) in [6, 6.07) is 24.5. The number of ketones is 1. The van der Waals surface area contributed by atoms with Gasteiger partial charge in [0.25, 0.3) is 5.91 Å². The van der Waals surface area contributed by atoms with E-state index in [4.69, 9.17) is 0 Å². The number of Topliss-reactive ketones (excluding diaryl/α,β-unsaturated/α-hetero) is 1. The maximum absolute atomic E-state index is 14.0. The van der Waals surface area contributed by atoms with E-state index in [1.54, 1.807) is 4.90 Å². The number of rotatable bonds is 2. The van der Waals surface area contributed by atoms with Crippen molar-refractivity contribution in [3.8, 4) is 0 Å². The first-order valence-electron chi connectivity index (χ1n) is 11.1. The van der Waals surface area contributed by atoms with Gasteiger partial charge in [0.15, 0.2) is 5.78 Å². The van der Waals surface area contributed by atoms with Crippen LogP contribution in [0.15, 0.2) is 94.6 Å². The van der Waals surface area contributed by atoms with Crippen molar-refractivity contribution >= 4 is 39.0 Å². The summed E-state index contributed by atoms with van der Waals surface area (Å²) < 4.78 is 0.949. The summed E-state index contributed by atoms with van der Waals surface area (Å²) in [6.07, 6.45) is 1.19. The fourth-order valence-corrected chi connectivity index (χ4v) is 5.16. The molecule has 1 aliphatic heterocycles. The largest absolute Gasteiger partial charge is 0.357 e. The molecule has 1 heterocycles. The van der Waals surface area contributed by atoms with E-state index in [2.05, 4.69) is 35.1 Å². The lowest BCUT2D eigenvalue weighted by atomic mass is 9.73. The van der Waals surface area contributed by atoms with Crippen molar-refractivity contribution in [2.75, 3.05) is 10.2 Å². The second-order valence-corrected chi connectivity index (χ2v) is 10.4. The third-order valence-electron chi connectivity index (χ3n) is 6.33. The van der Waals surface area contributed by atoms with Crippen LogP contribution in [-0.2, 0) is 4.79 Å². The van der Waals surface area contributed by atoms with Crippen LogP contribution in [0.4, 0.5) is 11.4 Å². The Kier molecular flexibility index (Phi) is 5.45. The van der Waals surface area contributed by atoms with Gasteiger partial charge in [-0.05, 0) is 53.8 Å². The first-order valence-corrected chi connectivity index (χ1v) is 11.9. The molecule has 0 spiro atoms. The van der Waals surface area contributed by atoms with Gasteiger partial charge in [0.2, 0.25) is 0 Å². The summed E-state index contributed by atoms with van der Waals surface area (Å²) >= 11 is 3.52. The highest BCUT2D eigenvalue weighted by molar-refractivity contribution is 9.10. The van der Waals surface area contributed by atoms with Gasteiger partial charge in [-0.1, -0.05) is 72.2 Å². The first kappa shape index (κ1) is 21.7. The Hall–Kier alpha value is -3.18. The average molecular weight is 501 g/mol. The van der Waals surface area contributed by atoms with Crippen LogP contribution in [0.1, 0.15) is 48.7 Å². The molecule has 4 nitrogen and oxygen atoms in total. The summed E-state index contributed by atoms with van der Waals surface area (Å²) in [7, 11) is 0. The zero-order chi connectivity index (χ0) is 23.2. The number of carbonyl (C=O) groups is 2. The van der Waals surface area contributed by atoms with E-state index >= 15 is 0 Å². The number of nitrogens with zero attached hydrogens (tertiary/aromatic N) is 1. The van der Waals surface area contributed by atoms with Crippen molar-refractivity contribution in [1.82, 2.24) is 0 Å². The lowest BCUT2D eigenvalue weighted by Gasteiger charge is -2.37. The second-order valence-electron chi connectivity index (χ2n) is 9.47. The Morgan fingerprint density at radius 3 is 2.33 bits per heavy atom. The van der Waals surface area contributed by atoms with Crippen LogP contribution in [0.5, 0.6) is 0 Å². The van der Waals surface area contributed by atoms with Gasteiger partial charge < -0.3 is 5.32 Å². The van der Waals surface area contributed by atoms with E-state index in [-0.39, 0.29) is 17.1 Å². The molecule has 0 fully saturated rings. The number of fused-ring (bicyclic) bond motifs is 1. The summed E-state index contributed by atoms with van der Waals surface area (Å²) in [6.45, 7) is 4.24. The van der Waals surface area contributed by atoms with Crippen molar-refractivity contribution in [3.05, 3.63) is 106 Å². The minimum Gasteiger partial charge on any atom is -0.357 e. The number of hydrogen-bond acceptors (Lipinski definition) is 3. The molecule has 0 saturated carbocycles. The standard InChI is InChI=1S/C28H25BrN2O2/c1-28(2)16-22-25(24(32)17-28)26(18-12-14-20(29)15-13-18)31(23-11-7-6-10-21(23)30-22)27(33)19-8-4-3-5-9-19/h3-15,26,30H,16-17H2,1-2H3/t26-/m1/s1. The Morgan fingerprint density at radius 1 is 0.939 bits per heavy atom. The van der Waals surface area contributed by atoms with Gasteiger partial charge in [-0.2, -0.15) is 0 Å². The molecule has 1 atom stereocenters. The van der Waals surface area contributed by atoms with Crippen molar-refractivity contribution in [2.24, 2.45) is 5.41 Å². The maximum Gasteiger partial charge on any atom is 0.259 e. The summed E-state index contributed by atoms with van der Waals surface area (Å²) in [5, 5.41) is 3.55. The van der Waals surface area contributed by atoms with Crippen molar-refractivity contribution in [1.29, 1.82) is 0 Å². The van der Waals surface area contributed by atoms with Gasteiger partial charge in [0.05, 0.1) is 17.4 Å². The normalized spacial score (nSPS) is 19.3. The van der Waals surface area contributed by atoms with Gasteiger partial charge in [-0.15, -0.1) is 0 Å². The van der Waals surface area contributed by atoms with Gasteiger partial charge in [-0.25, -0.2) is 0 Å². The quantitative estimate of drug-likeness (QED) is 0.415. The first-order chi connectivity index (χ1) is 15.8. The molecule has 2 aliphatic rings. The van der Waals surface area contributed by atoms with Crippen molar-refractivity contribution in [2.45, 2.75) is 32.7 Å². The Labute approximate surface area is 202 Å². The summed E-state index contributed by atoms with van der Waals surface area (Å²) in [5.41, 5.74) is 4.51. The van der Waals surface area contributed by atoms with Gasteiger partial charge >= 0.3 is 0 Å². The molecule has 1 aliphatic carbocycles. The number of benzene rings is 3. The molecule has 0 unspecified atom stereocenters. The highest BCUT2D eigenvalue weighted by Gasteiger charge is 2.43. The van der Waals surface area contributed by atoms with E-state index in [0.29, 0.717) is 17.6 Å². The van der Waals surface area contributed by atoms with E-state index in [1.165, 1.54) is 0 Å². The molecule has 1 N–H and O–H groups in total. The number of para-hydroxylation sites is 2. The topological polar surface area (TPSA) is 49.4 Å². The molecule has 0 bridgehead atoms. The Morgan fingerprint density at radius 2 is 1.61 bits per heavy atom. The number of allylic oxidation sites excluding steroid dienone is 1. The average Bonchev–Trinajstić information content (AvgIpc) is 2.93. The van der Waals surface area contributed by atoms with Crippen LogP contribution < -0.4 is 10.2 Å². The molecule has 5 rings (SSSR count). The van der Waals surface area contributed by atoms with Crippen LogP contribution in [-0.4, -0.2) is 11.7 Å². The molecule has 166 valence electrons. The molecule has 33 heavy (non-hydrogen) atoms. The molecule has 3 aromatic rings. The summed E-state index contributed by atoms with van der Waals surface area (Å²) in [5.74, 6) is -0.0514. The minimum atomic E-state index is -0.527. The van der Waals surface area contributed by atoms with E-state index < -0.39 is 6.04 Å². The van der Waals surface area contributed by atoms with E-state index in [1.807, 2.05) is 78.9 Å². The smallest absolute Gasteiger partial charge is 0.259 e. The minimum absolute atomic E-state index is 0.0836. The molecular formula is C28H25BrN2O2. The fourth-order valence-electron chi connectivity index (χ4n) is 4.89. The number of hydrogen-bond donors (Lipinski definition) is 1. The number of nitrogens with one attached hydrogen (secondary N) is 1. The van der Waals surface area contributed by atoms with E-state index in [0.717, 1.165) is 33.5 Å². The van der Waals surface area contributed by atoms with Gasteiger partial charge in [0.1, 0.15) is 0 Å².